The average Bonchev–Trinajstić information content (AvgIpc) is 3.25. The fourth-order valence-corrected chi connectivity index (χ4v) is 4.67. The maximum atomic E-state index is 12.7. The molecule has 1 saturated heterocycles. The molecule has 0 saturated carbocycles. The van der Waals surface area contributed by atoms with Gasteiger partial charge in [0, 0.05) is 25.3 Å². The van der Waals surface area contributed by atoms with Crippen molar-refractivity contribution in [3.63, 3.8) is 0 Å². The van der Waals surface area contributed by atoms with Crippen molar-refractivity contribution in [2.75, 3.05) is 35.1 Å². The second-order valence-electron chi connectivity index (χ2n) is 7.45. The number of ether oxygens (including phenoxy) is 1. The van der Waals surface area contributed by atoms with Crippen LogP contribution >= 0.6 is 0 Å². The van der Waals surface area contributed by atoms with Crippen LogP contribution in [0.4, 0.5) is 11.4 Å². The number of hydrogen-bond donors (Lipinski definition) is 1. The standard InChI is InChI=1S/C21H25N3O4S/c1-29(26,27)24-15-20(28-19-7-3-2-6-18(19)24)21(25)22-14-16-8-10-17(11-9-16)23-12-4-5-13-23/h2-3,6-11,20H,4-5,12-15H2,1H3,(H,22,25)/t20-/m1/s1. The van der Waals surface area contributed by atoms with E-state index in [0.717, 1.165) is 24.9 Å². The Morgan fingerprint density at radius 1 is 1.10 bits per heavy atom. The highest BCUT2D eigenvalue weighted by Crippen LogP contribution is 2.34. The monoisotopic (exact) mass is 415 g/mol. The van der Waals surface area contributed by atoms with Crippen molar-refractivity contribution in [2.24, 2.45) is 0 Å². The molecule has 1 amide bonds. The highest BCUT2D eigenvalue weighted by molar-refractivity contribution is 7.92. The first-order chi connectivity index (χ1) is 13.9. The zero-order chi connectivity index (χ0) is 20.4. The molecule has 2 aromatic rings. The van der Waals surface area contributed by atoms with Gasteiger partial charge in [-0.3, -0.25) is 9.10 Å². The lowest BCUT2D eigenvalue weighted by atomic mass is 10.2. The molecule has 2 heterocycles. The lowest BCUT2D eigenvalue weighted by molar-refractivity contribution is -0.127. The Bertz CT molecular complexity index is 985. The molecule has 29 heavy (non-hydrogen) atoms. The fourth-order valence-electron chi connectivity index (χ4n) is 3.76. The van der Waals surface area contributed by atoms with Gasteiger partial charge in [-0.05, 0) is 42.7 Å². The van der Waals surface area contributed by atoms with Gasteiger partial charge in [-0.25, -0.2) is 8.42 Å². The van der Waals surface area contributed by atoms with Crippen LogP contribution in [-0.4, -0.2) is 46.3 Å². The minimum atomic E-state index is -3.52. The number of amides is 1. The molecule has 7 nitrogen and oxygen atoms in total. The van der Waals surface area contributed by atoms with Crippen LogP contribution in [0.3, 0.4) is 0 Å². The average molecular weight is 416 g/mol. The summed E-state index contributed by atoms with van der Waals surface area (Å²) in [6, 6.07) is 15.0. The molecule has 0 bridgehead atoms. The number of carbonyl (C=O) groups is 1. The number of nitrogens with zero attached hydrogens (tertiary/aromatic N) is 2. The molecule has 154 valence electrons. The Hall–Kier alpha value is -2.74. The van der Waals surface area contributed by atoms with Gasteiger partial charge in [0.2, 0.25) is 10.0 Å². The molecule has 2 aliphatic heterocycles. The lowest BCUT2D eigenvalue weighted by Gasteiger charge is -2.33. The van der Waals surface area contributed by atoms with Gasteiger partial charge in [0.25, 0.3) is 5.91 Å². The van der Waals surface area contributed by atoms with Gasteiger partial charge < -0.3 is 15.0 Å². The van der Waals surface area contributed by atoms with Crippen molar-refractivity contribution in [1.82, 2.24) is 5.32 Å². The third-order valence-corrected chi connectivity index (χ3v) is 6.45. The first-order valence-electron chi connectivity index (χ1n) is 9.77. The SMILES string of the molecule is CS(=O)(=O)N1C[C@H](C(=O)NCc2ccc(N3CCCC3)cc2)Oc2ccccc21. The Morgan fingerprint density at radius 3 is 2.48 bits per heavy atom. The molecule has 0 unspecified atom stereocenters. The van der Waals surface area contributed by atoms with Gasteiger partial charge >= 0.3 is 0 Å². The normalized spacial score (nSPS) is 18.9. The Morgan fingerprint density at radius 2 is 1.79 bits per heavy atom. The summed E-state index contributed by atoms with van der Waals surface area (Å²) in [5.41, 5.74) is 2.64. The number of rotatable bonds is 5. The van der Waals surface area contributed by atoms with Gasteiger partial charge in [0.05, 0.1) is 18.5 Å². The van der Waals surface area contributed by atoms with Crippen molar-refractivity contribution in [3.05, 3.63) is 54.1 Å². The van der Waals surface area contributed by atoms with E-state index in [4.69, 9.17) is 4.74 Å². The van der Waals surface area contributed by atoms with Crippen molar-refractivity contribution in [2.45, 2.75) is 25.5 Å². The zero-order valence-electron chi connectivity index (χ0n) is 16.4. The lowest BCUT2D eigenvalue weighted by Crippen LogP contribution is -2.50. The second-order valence-corrected chi connectivity index (χ2v) is 9.35. The molecular formula is C21H25N3O4S. The summed E-state index contributed by atoms with van der Waals surface area (Å²) in [5, 5.41) is 2.86. The van der Waals surface area contributed by atoms with Crippen LogP contribution in [0.15, 0.2) is 48.5 Å². The molecule has 1 atom stereocenters. The third kappa shape index (κ3) is 4.32. The van der Waals surface area contributed by atoms with Crippen LogP contribution in [0.2, 0.25) is 0 Å². The summed E-state index contributed by atoms with van der Waals surface area (Å²) in [4.78, 5) is 15.0. The number of carbonyl (C=O) groups excluding carboxylic acids is 1. The molecule has 2 aromatic carbocycles. The highest BCUT2D eigenvalue weighted by Gasteiger charge is 2.34. The predicted octanol–water partition coefficient (Wildman–Crippen LogP) is 2.13. The maximum absolute atomic E-state index is 12.7. The summed E-state index contributed by atoms with van der Waals surface area (Å²) in [7, 11) is -3.52. The minimum absolute atomic E-state index is 0.0461. The van der Waals surface area contributed by atoms with E-state index in [0.29, 0.717) is 18.0 Å². The first kappa shape index (κ1) is 19.6. The summed E-state index contributed by atoms with van der Waals surface area (Å²) < 4.78 is 31.3. The van der Waals surface area contributed by atoms with Gasteiger partial charge in [-0.15, -0.1) is 0 Å². The zero-order valence-corrected chi connectivity index (χ0v) is 17.2. The highest BCUT2D eigenvalue weighted by atomic mass is 32.2. The summed E-state index contributed by atoms with van der Waals surface area (Å²) in [6.07, 6.45) is 2.69. The molecule has 2 aliphatic rings. The number of para-hydroxylation sites is 2. The minimum Gasteiger partial charge on any atom is -0.476 e. The summed E-state index contributed by atoms with van der Waals surface area (Å²) in [6.45, 7) is 2.50. The van der Waals surface area contributed by atoms with Gasteiger partial charge in [-0.1, -0.05) is 24.3 Å². The maximum Gasteiger partial charge on any atom is 0.263 e. The Labute approximate surface area is 171 Å². The van der Waals surface area contributed by atoms with Gasteiger partial charge in [-0.2, -0.15) is 0 Å². The predicted molar refractivity (Wildman–Crippen MR) is 113 cm³/mol. The number of anilines is 2. The van der Waals surface area contributed by atoms with Crippen molar-refractivity contribution >= 4 is 27.3 Å². The van der Waals surface area contributed by atoms with E-state index in [1.165, 1.54) is 22.8 Å². The largest absolute Gasteiger partial charge is 0.476 e. The molecule has 1 N–H and O–H groups in total. The van der Waals surface area contributed by atoms with Crippen LogP contribution in [0.25, 0.3) is 0 Å². The van der Waals surface area contributed by atoms with E-state index in [1.54, 1.807) is 24.3 Å². The van der Waals surface area contributed by atoms with E-state index < -0.39 is 16.1 Å². The van der Waals surface area contributed by atoms with Crippen LogP contribution < -0.4 is 19.3 Å². The smallest absolute Gasteiger partial charge is 0.263 e. The quantitative estimate of drug-likeness (QED) is 0.809. The fraction of sp³-hybridized carbons (Fsp3) is 0.381. The Balaban J connectivity index is 1.41. The van der Waals surface area contributed by atoms with E-state index in [2.05, 4.69) is 22.3 Å². The second kappa shape index (κ2) is 7.94. The number of benzene rings is 2. The summed E-state index contributed by atoms with van der Waals surface area (Å²) >= 11 is 0. The van der Waals surface area contributed by atoms with Crippen LogP contribution in [0, 0.1) is 0 Å². The van der Waals surface area contributed by atoms with Crippen molar-refractivity contribution in [3.8, 4) is 5.75 Å². The van der Waals surface area contributed by atoms with E-state index in [1.807, 2.05) is 12.1 Å². The van der Waals surface area contributed by atoms with Crippen LogP contribution in [-0.2, 0) is 21.4 Å². The number of nitrogens with one attached hydrogen (secondary N) is 1. The van der Waals surface area contributed by atoms with E-state index in [9.17, 15) is 13.2 Å². The Kier molecular flexibility index (Phi) is 5.36. The third-order valence-electron chi connectivity index (χ3n) is 5.30. The van der Waals surface area contributed by atoms with Gasteiger partial charge in [0.15, 0.2) is 6.10 Å². The first-order valence-corrected chi connectivity index (χ1v) is 11.6. The molecule has 8 heteroatoms. The van der Waals surface area contributed by atoms with Crippen molar-refractivity contribution < 1.29 is 17.9 Å². The summed E-state index contributed by atoms with van der Waals surface area (Å²) in [5.74, 6) is 0.0519. The molecule has 1 fully saturated rings. The topological polar surface area (TPSA) is 79.0 Å². The number of sulfonamides is 1. The van der Waals surface area contributed by atoms with Crippen LogP contribution in [0.5, 0.6) is 5.75 Å². The van der Waals surface area contributed by atoms with Crippen LogP contribution in [0.1, 0.15) is 18.4 Å². The van der Waals surface area contributed by atoms with Crippen molar-refractivity contribution in [1.29, 1.82) is 0 Å². The molecule has 0 aliphatic carbocycles. The molecule has 0 radical (unpaired) electrons. The molecule has 0 spiro atoms. The molecular weight excluding hydrogens is 390 g/mol. The van der Waals surface area contributed by atoms with E-state index in [-0.39, 0.29) is 12.5 Å². The van der Waals surface area contributed by atoms with Gasteiger partial charge in [0.1, 0.15) is 5.75 Å². The number of hydrogen-bond acceptors (Lipinski definition) is 5. The number of fused-ring (bicyclic) bond motifs is 1. The molecule has 0 aromatic heterocycles. The van der Waals surface area contributed by atoms with E-state index >= 15 is 0 Å². The molecule has 4 rings (SSSR count).